The first kappa shape index (κ1) is 22.8. The van der Waals surface area contributed by atoms with E-state index in [0.29, 0.717) is 5.56 Å². The minimum atomic E-state index is -2.97. The van der Waals surface area contributed by atoms with Gasteiger partial charge in [-0.05, 0) is 43.2 Å². The van der Waals surface area contributed by atoms with E-state index in [2.05, 4.69) is 30.3 Å². The second kappa shape index (κ2) is 8.89. The number of urea groups is 1. The van der Waals surface area contributed by atoms with E-state index in [0.717, 1.165) is 16.2 Å². The number of rotatable bonds is 7. The number of imide groups is 1. The number of amides is 3. The van der Waals surface area contributed by atoms with Crippen molar-refractivity contribution in [2.24, 2.45) is 0 Å². The summed E-state index contributed by atoms with van der Waals surface area (Å²) in [5.74, 6) is -0.429. The molecule has 12 heteroatoms. The molecule has 1 saturated heterocycles. The fourth-order valence-electron chi connectivity index (χ4n) is 3.55. The van der Waals surface area contributed by atoms with E-state index < -0.39 is 24.1 Å². The van der Waals surface area contributed by atoms with E-state index in [1.165, 1.54) is 31.2 Å². The third kappa shape index (κ3) is 4.56. The topological polar surface area (TPSA) is 135 Å². The van der Waals surface area contributed by atoms with Gasteiger partial charge < -0.3 is 21.1 Å². The van der Waals surface area contributed by atoms with Crippen LogP contribution in [0.1, 0.15) is 23.9 Å². The van der Waals surface area contributed by atoms with Crippen LogP contribution in [0.25, 0.3) is 0 Å². The molecule has 10 nitrogen and oxygen atoms in total. The molecule has 3 amide bonds. The van der Waals surface area contributed by atoms with E-state index >= 15 is 0 Å². The Morgan fingerprint density at radius 3 is 2.50 bits per heavy atom. The smallest absolute Gasteiger partial charge is 0.387 e. The van der Waals surface area contributed by atoms with Gasteiger partial charge in [-0.1, -0.05) is 30.3 Å². The first-order chi connectivity index (χ1) is 16.2. The van der Waals surface area contributed by atoms with Crippen molar-refractivity contribution < 1.29 is 23.1 Å². The Morgan fingerprint density at radius 1 is 1.12 bits per heavy atom. The Labute approximate surface area is 193 Å². The number of ether oxygens (including phenoxy) is 1. The Kier molecular flexibility index (Phi) is 5.97. The molecule has 1 aliphatic rings. The van der Waals surface area contributed by atoms with Crippen molar-refractivity contribution in [3.8, 4) is 5.75 Å². The summed E-state index contributed by atoms with van der Waals surface area (Å²) in [6.45, 7) is 0.210. The second-order valence-electron chi connectivity index (χ2n) is 7.72. The number of nitrogens with two attached hydrogens (primary N) is 1. The molecule has 1 atom stereocenters. The van der Waals surface area contributed by atoms with Gasteiger partial charge in [0.25, 0.3) is 5.91 Å². The molecule has 0 unspecified atom stereocenters. The summed E-state index contributed by atoms with van der Waals surface area (Å²) in [4.78, 5) is 39.2. The number of carbonyl (C=O) groups excluding carboxylic acids is 2. The number of aromatic nitrogens is 3. The molecule has 4 N–H and O–H groups in total. The van der Waals surface area contributed by atoms with Crippen molar-refractivity contribution in [2.75, 3.05) is 11.1 Å². The molecule has 0 radical (unpaired) electrons. The molecule has 4 rings (SSSR count). The SMILES string of the molecule is Cc1ccccc1Nc1nc(N)nc(CN2C(=O)N[C@@](C)(c3ccc(OC(F)F)cc3)C2=O)n1. The average molecular weight is 469 g/mol. The van der Waals surface area contributed by atoms with E-state index in [-0.39, 0.29) is 30.0 Å². The fourth-order valence-corrected chi connectivity index (χ4v) is 3.55. The number of nitrogen functional groups attached to an aromatic ring is 1. The highest BCUT2D eigenvalue weighted by Gasteiger charge is 2.49. The fraction of sp³-hybridized carbons (Fsp3) is 0.227. The van der Waals surface area contributed by atoms with Gasteiger partial charge in [0.15, 0.2) is 5.82 Å². The van der Waals surface area contributed by atoms with Gasteiger partial charge in [-0.25, -0.2) is 4.79 Å². The maximum atomic E-state index is 13.2. The van der Waals surface area contributed by atoms with Crippen LogP contribution in [0.15, 0.2) is 48.5 Å². The van der Waals surface area contributed by atoms with Crippen LogP contribution < -0.4 is 21.1 Å². The summed E-state index contributed by atoms with van der Waals surface area (Å²) in [6, 6.07) is 12.3. The number of benzene rings is 2. The molecule has 3 aromatic rings. The molecule has 2 aromatic carbocycles. The summed E-state index contributed by atoms with van der Waals surface area (Å²) in [5.41, 5.74) is 6.52. The van der Waals surface area contributed by atoms with Gasteiger partial charge >= 0.3 is 12.6 Å². The van der Waals surface area contributed by atoms with Gasteiger partial charge in [0.1, 0.15) is 11.3 Å². The second-order valence-corrected chi connectivity index (χ2v) is 7.72. The Morgan fingerprint density at radius 2 is 1.82 bits per heavy atom. The van der Waals surface area contributed by atoms with E-state index in [1.54, 1.807) is 0 Å². The highest BCUT2D eigenvalue weighted by molar-refractivity contribution is 6.07. The normalized spacial score (nSPS) is 17.7. The highest BCUT2D eigenvalue weighted by atomic mass is 19.3. The third-order valence-corrected chi connectivity index (χ3v) is 5.32. The van der Waals surface area contributed by atoms with Gasteiger partial charge in [0.2, 0.25) is 11.9 Å². The zero-order valence-corrected chi connectivity index (χ0v) is 18.3. The Hall–Kier alpha value is -4.35. The number of para-hydroxylation sites is 1. The van der Waals surface area contributed by atoms with Crippen molar-refractivity contribution in [3.05, 3.63) is 65.5 Å². The van der Waals surface area contributed by atoms with Crippen LogP contribution in [0.4, 0.5) is 31.2 Å². The van der Waals surface area contributed by atoms with Crippen LogP contribution in [0.2, 0.25) is 0 Å². The molecule has 1 fully saturated rings. The van der Waals surface area contributed by atoms with E-state index in [9.17, 15) is 18.4 Å². The van der Waals surface area contributed by atoms with Crippen LogP contribution in [-0.2, 0) is 16.9 Å². The van der Waals surface area contributed by atoms with E-state index in [4.69, 9.17) is 5.73 Å². The van der Waals surface area contributed by atoms with Crippen molar-refractivity contribution in [1.82, 2.24) is 25.2 Å². The predicted molar refractivity (Wildman–Crippen MR) is 118 cm³/mol. The molecule has 0 bridgehead atoms. The predicted octanol–water partition coefficient (Wildman–Crippen LogP) is 3.07. The molecular formula is C22H21F2N7O3. The number of hydrogen-bond donors (Lipinski definition) is 3. The molecule has 0 saturated carbocycles. The highest BCUT2D eigenvalue weighted by Crippen LogP contribution is 2.31. The standard InChI is InChI=1S/C22H21F2N7O3/c1-12-5-3-4-6-15(12)26-20-28-16(27-19(25)29-20)11-31-17(32)22(2,30-21(31)33)13-7-9-14(10-8-13)34-18(23)24/h3-10,18H,11H2,1-2H3,(H,30,33)(H3,25,26,27,28,29)/t22-/m0/s1. The molecule has 0 spiro atoms. The summed E-state index contributed by atoms with van der Waals surface area (Å²) in [6.07, 6.45) is 0. The number of anilines is 3. The first-order valence-electron chi connectivity index (χ1n) is 10.2. The number of hydrogen-bond acceptors (Lipinski definition) is 8. The van der Waals surface area contributed by atoms with Crippen molar-refractivity contribution in [3.63, 3.8) is 0 Å². The number of nitrogens with one attached hydrogen (secondary N) is 2. The van der Waals surface area contributed by atoms with E-state index in [1.807, 2.05) is 31.2 Å². The molecule has 0 aliphatic carbocycles. The minimum Gasteiger partial charge on any atom is -0.435 e. The van der Waals surface area contributed by atoms with Crippen LogP contribution >= 0.6 is 0 Å². The number of alkyl halides is 2. The van der Waals surface area contributed by atoms with Crippen LogP contribution in [0, 0.1) is 6.92 Å². The molecule has 2 heterocycles. The van der Waals surface area contributed by atoms with Crippen LogP contribution in [0.5, 0.6) is 5.75 Å². The zero-order valence-electron chi connectivity index (χ0n) is 18.3. The van der Waals surface area contributed by atoms with Gasteiger partial charge in [-0.2, -0.15) is 23.7 Å². The maximum absolute atomic E-state index is 13.2. The lowest BCUT2D eigenvalue weighted by molar-refractivity contribution is -0.131. The number of halogens is 2. The Bertz CT molecular complexity index is 1240. The van der Waals surface area contributed by atoms with Gasteiger partial charge in [-0.15, -0.1) is 0 Å². The van der Waals surface area contributed by atoms with Crippen molar-refractivity contribution >= 4 is 29.5 Å². The molecular weight excluding hydrogens is 448 g/mol. The molecule has 1 aliphatic heterocycles. The van der Waals surface area contributed by atoms with Crippen LogP contribution in [0.3, 0.4) is 0 Å². The zero-order chi connectivity index (χ0) is 24.5. The van der Waals surface area contributed by atoms with Gasteiger partial charge in [0.05, 0.1) is 6.54 Å². The quantitative estimate of drug-likeness (QED) is 0.449. The average Bonchev–Trinajstić information content (AvgIpc) is 2.99. The summed E-state index contributed by atoms with van der Waals surface area (Å²) >= 11 is 0. The monoisotopic (exact) mass is 469 g/mol. The number of carbonyl (C=O) groups is 2. The minimum absolute atomic E-state index is 0.0645. The molecule has 34 heavy (non-hydrogen) atoms. The molecule has 1 aromatic heterocycles. The summed E-state index contributed by atoms with van der Waals surface area (Å²) < 4.78 is 29.1. The lowest BCUT2D eigenvalue weighted by Crippen LogP contribution is -2.40. The number of nitrogens with zero attached hydrogens (tertiary/aromatic N) is 4. The summed E-state index contributed by atoms with van der Waals surface area (Å²) in [5, 5.41) is 5.68. The largest absolute Gasteiger partial charge is 0.435 e. The molecule has 176 valence electrons. The third-order valence-electron chi connectivity index (χ3n) is 5.32. The Balaban J connectivity index is 1.54. The lowest BCUT2D eigenvalue weighted by Gasteiger charge is -2.22. The maximum Gasteiger partial charge on any atom is 0.387 e. The van der Waals surface area contributed by atoms with Gasteiger partial charge in [0, 0.05) is 5.69 Å². The van der Waals surface area contributed by atoms with Crippen LogP contribution in [-0.4, -0.2) is 38.4 Å². The lowest BCUT2D eigenvalue weighted by atomic mass is 9.92. The number of aryl methyl sites for hydroxylation is 1. The first-order valence-corrected chi connectivity index (χ1v) is 10.2. The summed E-state index contributed by atoms with van der Waals surface area (Å²) in [7, 11) is 0. The van der Waals surface area contributed by atoms with Crippen molar-refractivity contribution in [2.45, 2.75) is 32.5 Å². The van der Waals surface area contributed by atoms with Gasteiger partial charge in [-0.3, -0.25) is 9.69 Å². The van der Waals surface area contributed by atoms with Crippen molar-refractivity contribution in [1.29, 1.82) is 0 Å².